The molecule has 21 heavy (non-hydrogen) atoms. The van der Waals surface area contributed by atoms with E-state index in [0.29, 0.717) is 6.07 Å². The zero-order valence-electron chi connectivity index (χ0n) is 10.9. The molecule has 2 aromatic rings. The van der Waals surface area contributed by atoms with E-state index in [2.05, 4.69) is 0 Å². The number of rotatable bonds is 3. The molecule has 0 amide bonds. The summed E-state index contributed by atoms with van der Waals surface area (Å²) >= 11 is 0. The highest BCUT2D eigenvalue weighted by Crippen LogP contribution is 2.29. The minimum absolute atomic E-state index is 0.0493. The smallest absolute Gasteiger partial charge is 0.339 e. The van der Waals surface area contributed by atoms with Crippen molar-refractivity contribution in [2.24, 2.45) is 0 Å². The molecule has 0 aliphatic carbocycles. The van der Waals surface area contributed by atoms with E-state index < -0.39 is 23.6 Å². The van der Waals surface area contributed by atoms with Crippen LogP contribution >= 0.6 is 0 Å². The van der Waals surface area contributed by atoms with E-state index in [0.717, 1.165) is 19.1 Å². The van der Waals surface area contributed by atoms with Gasteiger partial charge < -0.3 is 9.84 Å². The fourth-order valence-corrected chi connectivity index (χ4v) is 1.83. The fraction of sp³-hybridized carbons (Fsp3) is 0.0667. The Balaban J connectivity index is 2.53. The molecule has 0 aliphatic heterocycles. The second-order valence-corrected chi connectivity index (χ2v) is 4.23. The number of carboxylic acids is 1. The summed E-state index contributed by atoms with van der Waals surface area (Å²) < 4.78 is 31.4. The molecule has 0 aliphatic rings. The third-order valence-electron chi connectivity index (χ3n) is 2.71. The van der Waals surface area contributed by atoms with Gasteiger partial charge in [0.05, 0.1) is 0 Å². The van der Waals surface area contributed by atoms with Crippen LogP contribution in [0.25, 0.3) is 11.1 Å². The van der Waals surface area contributed by atoms with E-state index in [4.69, 9.17) is 9.84 Å². The first-order valence-electron chi connectivity index (χ1n) is 5.89. The maximum atomic E-state index is 13.7. The SMILES string of the molecule is CC(=O)Oc1ccc(-c2ccc(F)cc2F)cc1C(=O)O. The van der Waals surface area contributed by atoms with Crippen molar-refractivity contribution in [1.82, 2.24) is 0 Å². The Labute approximate surface area is 118 Å². The number of hydrogen-bond donors (Lipinski definition) is 1. The Kier molecular flexibility index (Phi) is 3.98. The Morgan fingerprint density at radius 1 is 1.10 bits per heavy atom. The van der Waals surface area contributed by atoms with Crippen molar-refractivity contribution in [1.29, 1.82) is 0 Å². The summed E-state index contributed by atoms with van der Waals surface area (Å²) in [6, 6.07) is 6.78. The van der Waals surface area contributed by atoms with Crippen molar-refractivity contribution < 1.29 is 28.2 Å². The molecule has 6 heteroatoms. The van der Waals surface area contributed by atoms with Crippen molar-refractivity contribution in [3.8, 4) is 16.9 Å². The van der Waals surface area contributed by atoms with Crippen LogP contribution in [0, 0.1) is 11.6 Å². The fourth-order valence-electron chi connectivity index (χ4n) is 1.83. The molecule has 0 saturated carbocycles. The minimum Gasteiger partial charge on any atom is -0.478 e. The molecule has 0 fully saturated rings. The van der Waals surface area contributed by atoms with Gasteiger partial charge in [0.1, 0.15) is 22.9 Å². The standard InChI is InChI=1S/C15H10F2O4/c1-8(18)21-14-5-2-9(6-12(14)15(19)20)11-4-3-10(16)7-13(11)17/h2-7H,1H3,(H,19,20). The van der Waals surface area contributed by atoms with Crippen LogP contribution in [0.15, 0.2) is 36.4 Å². The van der Waals surface area contributed by atoms with Crippen LogP contribution in [0.5, 0.6) is 5.75 Å². The number of halogens is 2. The van der Waals surface area contributed by atoms with Crippen LogP contribution in [0.1, 0.15) is 17.3 Å². The van der Waals surface area contributed by atoms with Crippen LogP contribution in [-0.4, -0.2) is 17.0 Å². The third-order valence-corrected chi connectivity index (χ3v) is 2.71. The molecule has 0 heterocycles. The molecule has 2 aromatic carbocycles. The first kappa shape index (κ1) is 14.6. The van der Waals surface area contributed by atoms with Crippen LogP contribution in [-0.2, 0) is 4.79 Å². The molecule has 0 radical (unpaired) electrons. The number of ether oxygens (including phenoxy) is 1. The molecule has 0 bridgehead atoms. The summed E-state index contributed by atoms with van der Waals surface area (Å²) in [5, 5.41) is 9.12. The van der Waals surface area contributed by atoms with Crippen molar-refractivity contribution in [2.75, 3.05) is 0 Å². The summed E-state index contributed by atoms with van der Waals surface area (Å²) in [5.41, 5.74) is 0.000465. The van der Waals surface area contributed by atoms with Gasteiger partial charge in [-0.2, -0.15) is 0 Å². The van der Waals surface area contributed by atoms with Gasteiger partial charge in [-0.25, -0.2) is 13.6 Å². The number of carboxylic acid groups (broad SMARTS) is 1. The molecule has 0 aromatic heterocycles. The van der Waals surface area contributed by atoms with Gasteiger partial charge >= 0.3 is 11.9 Å². The number of hydrogen-bond acceptors (Lipinski definition) is 3. The van der Waals surface area contributed by atoms with Gasteiger partial charge in [-0.15, -0.1) is 0 Å². The Morgan fingerprint density at radius 3 is 2.38 bits per heavy atom. The molecular formula is C15H10F2O4. The molecule has 0 unspecified atom stereocenters. The van der Waals surface area contributed by atoms with Crippen molar-refractivity contribution >= 4 is 11.9 Å². The first-order chi connectivity index (χ1) is 9.88. The van der Waals surface area contributed by atoms with E-state index in [1.807, 2.05) is 0 Å². The lowest BCUT2D eigenvalue weighted by molar-refractivity contribution is -0.131. The van der Waals surface area contributed by atoms with Gasteiger partial charge in [-0.3, -0.25) is 4.79 Å². The van der Waals surface area contributed by atoms with Crippen molar-refractivity contribution in [3.05, 3.63) is 53.6 Å². The van der Waals surface area contributed by atoms with Crippen LogP contribution in [0.4, 0.5) is 8.78 Å². The highest BCUT2D eigenvalue weighted by Gasteiger charge is 2.16. The zero-order valence-corrected chi connectivity index (χ0v) is 10.9. The van der Waals surface area contributed by atoms with E-state index in [1.54, 1.807) is 0 Å². The average Bonchev–Trinajstić information content (AvgIpc) is 2.38. The summed E-state index contributed by atoms with van der Waals surface area (Å²) in [7, 11) is 0. The third kappa shape index (κ3) is 3.22. The van der Waals surface area contributed by atoms with Gasteiger partial charge in [0.15, 0.2) is 0 Å². The Morgan fingerprint density at radius 2 is 1.81 bits per heavy atom. The predicted octanol–water partition coefficient (Wildman–Crippen LogP) is 3.26. The highest BCUT2D eigenvalue weighted by molar-refractivity contribution is 5.93. The Hall–Kier alpha value is -2.76. The van der Waals surface area contributed by atoms with Gasteiger partial charge in [0.2, 0.25) is 0 Å². The molecule has 2 rings (SSSR count). The molecule has 1 N–H and O–H groups in total. The second-order valence-electron chi connectivity index (χ2n) is 4.23. The highest BCUT2D eigenvalue weighted by atomic mass is 19.1. The topological polar surface area (TPSA) is 63.6 Å². The summed E-state index contributed by atoms with van der Waals surface area (Å²) in [4.78, 5) is 22.1. The molecule has 0 atom stereocenters. The van der Waals surface area contributed by atoms with E-state index in [9.17, 15) is 18.4 Å². The summed E-state index contributed by atoms with van der Waals surface area (Å²) in [6.07, 6.45) is 0. The number of carbonyl (C=O) groups is 2. The molecule has 4 nitrogen and oxygen atoms in total. The normalized spacial score (nSPS) is 10.2. The van der Waals surface area contributed by atoms with Crippen LogP contribution in [0.2, 0.25) is 0 Å². The summed E-state index contributed by atoms with van der Waals surface area (Å²) in [5.74, 6) is -3.67. The van der Waals surface area contributed by atoms with Gasteiger partial charge in [0.25, 0.3) is 0 Å². The van der Waals surface area contributed by atoms with Crippen LogP contribution in [0.3, 0.4) is 0 Å². The lowest BCUT2D eigenvalue weighted by atomic mass is 10.0. The number of esters is 1. The van der Waals surface area contributed by atoms with E-state index in [1.165, 1.54) is 18.2 Å². The zero-order chi connectivity index (χ0) is 15.6. The first-order valence-corrected chi connectivity index (χ1v) is 5.89. The lowest BCUT2D eigenvalue weighted by Gasteiger charge is -2.09. The molecular weight excluding hydrogens is 282 g/mol. The van der Waals surface area contributed by atoms with E-state index >= 15 is 0 Å². The second kappa shape index (κ2) is 5.70. The largest absolute Gasteiger partial charge is 0.478 e. The number of benzene rings is 2. The van der Waals surface area contributed by atoms with Gasteiger partial charge in [0, 0.05) is 18.6 Å². The lowest BCUT2D eigenvalue weighted by Crippen LogP contribution is -2.07. The maximum Gasteiger partial charge on any atom is 0.339 e. The van der Waals surface area contributed by atoms with Crippen LogP contribution < -0.4 is 4.74 Å². The van der Waals surface area contributed by atoms with Crippen molar-refractivity contribution in [2.45, 2.75) is 6.92 Å². The van der Waals surface area contributed by atoms with Gasteiger partial charge in [-0.1, -0.05) is 6.07 Å². The Bertz CT molecular complexity index is 726. The maximum absolute atomic E-state index is 13.7. The van der Waals surface area contributed by atoms with Gasteiger partial charge in [-0.05, 0) is 29.8 Å². The molecule has 0 saturated heterocycles. The average molecular weight is 292 g/mol. The van der Waals surface area contributed by atoms with E-state index in [-0.39, 0.29) is 22.4 Å². The summed E-state index contributed by atoms with van der Waals surface area (Å²) in [6.45, 7) is 1.14. The van der Waals surface area contributed by atoms with Crippen molar-refractivity contribution in [3.63, 3.8) is 0 Å². The minimum atomic E-state index is -1.32. The predicted molar refractivity (Wildman–Crippen MR) is 70.1 cm³/mol. The number of aromatic carboxylic acids is 1. The quantitative estimate of drug-likeness (QED) is 0.696. The molecule has 0 spiro atoms. The molecule has 108 valence electrons. The monoisotopic (exact) mass is 292 g/mol. The number of carbonyl (C=O) groups excluding carboxylic acids is 1.